The molecule has 0 aliphatic carbocycles. The molecular weight excluding hydrogens is 322 g/mol. The SMILES string of the molecule is CCCCCC(=O)c1cc(C)ccc1NC(=O)Nc1nc(C)cs1. The maximum Gasteiger partial charge on any atom is 0.325 e. The molecule has 24 heavy (non-hydrogen) atoms. The molecule has 128 valence electrons. The zero-order valence-corrected chi connectivity index (χ0v) is 15.1. The van der Waals surface area contributed by atoms with Crippen molar-refractivity contribution in [2.24, 2.45) is 0 Å². The Hall–Kier alpha value is -2.21. The first-order valence-electron chi connectivity index (χ1n) is 8.13. The zero-order valence-electron chi connectivity index (χ0n) is 14.3. The predicted octanol–water partition coefficient (Wildman–Crippen LogP) is 5.17. The van der Waals surface area contributed by atoms with E-state index >= 15 is 0 Å². The zero-order chi connectivity index (χ0) is 17.5. The van der Waals surface area contributed by atoms with Gasteiger partial charge in [-0.3, -0.25) is 10.1 Å². The molecule has 0 saturated carbocycles. The molecule has 1 aromatic carbocycles. The minimum absolute atomic E-state index is 0.0625. The first kappa shape index (κ1) is 18.1. The fourth-order valence-electron chi connectivity index (χ4n) is 2.33. The van der Waals surface area contributed by atoms with E-state index in [0.29, 0.717) is 22.8 Å². The summed E-state index contributed by atoms with van der Waals surface area (Å²) in [5.41, 5.74) is 2.96. The molecule has 2 N–H and O–H groups in total. The number of benzene rings is 1. The van der Waals surface area contributed by atoms with Crippen molar-refractivity contribution in [3.8, 4) is 0 Å². The van der Waals surface area contributed by atoms with Gasteiger partial charge in [-0.15, -0.1) is 11.3 Å². The Morgan fingerprint density at radius 2 is 1.96 bits per heavy atom. The second-order valence-corrected chi connectivity index (χ2v) is 6.66. The highest BCUT2D eigenvalue weighted by molar-refractivity contribution is 7.13. The number of ketones is 1. The van der Waals surface area contributed by atoms with Crippen molar-refractivity contribution >= 4 is 34.0 Å². The van der Waals surface area contributed by atoms with Gasteiger partial charge in [-0.25, -0.2) is 9.78 Å². The summed E-state index contributed by atoms with van der Waals surface area (Å²) in [5, 5.41) is 7.85. The van der Waals surface area contributed by atoms with Crippen molar-refractivity contribution in [3.05, 3.63) is 40.4 Å². The van der Waals surface area contributed by atoms with Crippen LogP contribution in [-0.4, -0.2) is 16.8 Å². The number of anilines is 2. The smallest absolute Gasteiger partial charge is 0.307 e. The van der Waals surface area contributed by atoms with Gasteiger partial charge in [0.05, 0.1) is 11.4 Å². The summed E-state index contributed by atoms with van der Waals surface area (Å²) in [7, 11) is 0. The number of nitrogens with one attached hydrogen (secondary N) is 2. The van der Waals surface area contributed by atoms with Crippen molar-refractivity contribution in [2.45, 2.75) is 46.5 Å². The van der Waals surface area contributed by atoms with E-state index in [2.05, 4.69) is 22.5 Å². The number of aryl methyl sites for hydroxylation is 2. The fraction of sp³-hybridized carbons (Fsp3) is 0.389. The second-order valence-electron chi connectivity index (χ2n) is 5.80. The third-order valence-electron chi connectivity index (χ3n) is 3.57. The van der Waals surface area contributed by atoms with Gasteiger partial charge in [0.15, 0.2) is 10.9 Å². The summed E-state index contributed by atoms with van der Waals surface area (Å²) >= 11 is 1.36. The molecule has 5 nitrogen and oxygen atoms in total. The van der Waals surface area contributed by atoms with Gasteiger partial charge in [-0.2, -0.15) is 0 Å². The number of thiazole rings is 1. The molecule has 0 fully saturated rings. The van der Waals surface area contributed by atoms with E-state index < -0.39 is 6.03 Å². The van der Waals surface area contributed by atoms with Crippen LogP contribution in [0.5, 0.6) is 0 Å². The molecule has 2 aromatic rings. The third-order valence-corrected chi connectivity index (χ3v) is 4.45. The van der Waals surface area contributed by atoms with Gasteiger partial charge in [0.1, 0.15) is 0 Å². The standard InChI is InChI=1S/C18H23N3O2S/c1-4-5-6-7-16(22)14-10-12(2)8-9-15(14)20-17(23)21-18-19-13(3)11-24-18/h8-11H,4-7H2,1-3H3,(H2,19,20,21,23). The van der Waals surface area contributed by atoms with Gasteiger partial charge < -0.3 is 5.32 Å². The number of amides is 2. The van der Waals surface area contributed by atoms with E-state index in [1.807, 2.05) is 31.4 Å². The van der Waals surface area contributed by atoms with E-state index in [1.54, 1.807) is 6.07 Å². The van der Waals surface area contributed by atoms with Gasteiger partial charge in [-0.1, -0.05) is 31.4 Å². The van der Waals surface area contributed by atoms with E-state index in [-0.39, 0.29) is 5.78 Å². The van der Waals surface area contributed by atoms with Gasteiger partial charge in [0.2, 0.25) is 0 Å². The number of carbonyl (C=O) groups is 2. The number of aromatic nitrogens is 1. The quantitative estimate of drug-likeness (QED) is 0.537. The molecule has 0 unspecified atom stereocenters. The van der Waals surface area contributed by atoms with Crippen LogP contribution in [0.1, 0.15) is 54.2 Å². The molecule has 6 heteroatoms. The van der Waals surface area contributed by atoms with E-state index in [0.717, 1.165) is 30.5 Å². The van der Waals surface area contributed by atoms with Crippen LogP contribution >= 0.6 is 11.3 Å². The number of Topliss-reactive ketones (excluding diaryl/α,β-unsaturated/α-hetero) is 1. The van der Waals surface area contributed by atoms with Crippen LogP contribution < -0.4 is 10.6 Å². The number of carbonyl (C=O) groups excluding carboxylic acids is 2. The van der Waals surface area contributed by atoms with Crippen molar-refractivity contribution in [3.63, 3.8) is 0 Å². The molecule has 0 saturated heterocycles. The summed E-state index contributed by atoms with van der Waals surface area (Å²) in [6.07, 6.45) is 3.47. The Morgan fingerprint density at radius 1 is 1.17 bits per heavy atom. The van der Waals surface area contributed by atoms with Crippen molar-refractivity contribution in [1.82, 2.24) is 4.98 Å². The second kappa shape index (κ2) is 8.59. The number of hydrogen-bond acceptors (Lipinski definition) is 4. The lowest BCUT2D eigenvalue weighted by Gasteiger charge is -2.11. The number of hydrogen-bond donors (Lipinski definition) is 2. The minimum atomic E-state index is -0.393. The van der Waals surface area contributed by atoms with E-state index in [9.17, 15) is 9.59 Å². The third kappa shape index (κ3) is 5.16. The number of nitrogens with zero attached hydrogens (tertiary/aromatic N) is 1. The van der Waals surface area contributed by atoms with Crippen LogP contribution in [-0.2, 0) is 0 Å². The molecule has 1 aromatic heterocycles. The molecule has 0 aliphatic rings. The largest absolute Gasteiger partial charge is 0.325 e. The number of unbranched alkanes of at least 4 members (excludes halogenated alkanes) is 2. The molecule has 2 amide bonds. The maximum absolute atomic E-state index is 12.5. The number of urea groups is 1. The first-order valence-corrected chi connectivity index (χ1v) is 9.01. The van der Waals surface area contributed by atoms with Gasteiger partial charge >= 0.3 is 6.03 Å². The highest BCUT2D eigenvalue weighted by Gasteiger charge is 2.14. The van der Waals surface area contributed by atoms with Crippen LogP contribution in [0.2, 0.25) is 0 Å². The van der Waals surface area contributed by atoms with Crippen LogP contribution in [0.25, 0.3) is 0 Å². The monoisotopic (exact) mass is 345 g/mol. The average molecular weight is 345 g/mol. The van der Waals surface area contributed by atoms with Crippen LogP contribution in [0, 0.1) is 13.8 Å². The first-order chi connectivity index (χ1) is 11.5. The van der Waals surface area contributed by atoms with Gasteiger partial charge in [0, 0.05) is 17.4 Å². The fourth-order valence-corrected chi connectivity index (χ4v) is 3.01. The summed E-state index contributed by atoms with van der Waals surface area (Å²) in [6, 6.07) is 5.09. The highest BCUT2D eigenvalue weighted by atomic mass is 32.1. The summed E-state index contributed by atoms with van der Waals surface area (Å²) in [6.45, 7) is 5.91. The molecular formula is C18H23N3O2S. The minimum Gasteiger partial charge on any atom is -0.307 e. The molecule has 0 aliphatic heterocycles. The maximum atomic E-state index is 12.5. The van der Waals surface area contributed by atoms with Crippen LogP contribution in [0.4, 0.5) is 15.6 Å². The summed E-state index contributed by atoms with van der Waals surface area (Å²) in [5.74, 6) is 0.0625. The van der Waals surface area contributed by atoms with Gasteiger partial charge in [0.25, 0.3) is 0 Å². The Labute approximate surface area is 146 Å². The van der Waals surface area contributed by atoms with Gasteiger partial charge in [-0.05, 0) is 32.4 Å². The normalized spacial score (nSPS) is 10.5. The topological polar surface area (TPSA) is 71.1 Å². The Balaban J connectivity index is 2.08. The van der Waals surface area contributed by atoms with E-state index in [4.69, 9.17) is 0 Å². The Morgan fingerprint density at radius 3 is 2.62 bits per heavy atom. The number of rotatable bonds is 7. The predicted molar refractivity (Wildman–Crippen MR) is 99.1 cm³/mol. The van der Waals surface area contributed by atoms with Crippen LogP contribution in [0.3, 0.4) is 0 Å². The van der Waals surface area contributed by atoms with Crippen molar-refractivity contribution in [2.75, 3.05) is 10.6 Å². The lowest BCUT2D eigenvalue weighted by Crippen LogP contribution is -2.21. The van der Waals surface area contributed by atoms with Crippen molar-refractivity contribution < 1.29 is 9.59 Å². The molecule has 0 radical (unpaired) electrons. The summed E-state index contributed by atoms with van der Waals surface area (Å²) < 4.78 is 0. The van der Waals surface area contributed by atoms with E-state index in [1.165, 1.54) is 11.3 Å². The Bertz CT molecular complexity index is 725. The van der Waals surface area contributed by atoms with Crippen LogP contribution in [0.15, 0.2) is 23.6 Å². The molecule has 2 rings (SSSR count). The molecule has 1 heterocycles. The molecule has 0 bridgehead atoms. The van der Waals surface area contributed by atoms with Crippen molar-refractivity contribution in [1.29, 1.82) is 0 Å². The summed E-state index contributed by atoms with van der Waals surface area (Å²) in [4.78, 5) is 28.8. The molecule has 0 atom stereocenters. The Kier molecular flexibility index (Phi) is 6.49. The lowest BCUT2D eigenvalue weighted by molar-refractivity contribution is 0.0980. The molecule has 0 spiro atoms. The lowest BCUT2D eigenvalue weighted by atomic mass is 10.0. The highest BCUT2D eigenvalue weighted by Crippen LogP contribution is 2.21. The average Bonchev–Trinajstić information content (AvgIpc) is 2.94.